The number of anilines is 1. The first-order valence-electron chi connectivity index (χ1n) is 8.50. The van der Waals surface area contributed by atoms with E-state index in [-0.39, 0.29) is 24.9 Å². The average molecular weight is 416 g/mol. The second-order valence-corrected chi connectivity index (χ2v) is 7.90. The number of benzene rings is 1. The zero-order chi connectivity index (χ0) is 20.7. The molecular formula is C17H22F2N4O4S. The number of carbonyl (C=O) groups excluding carboxylic acids is 1. The minimum Gasteiger partial charge on any atom is -0.491 e. The number of halogens is 2. The van der Waals surface area contributed by atoms with Crippen molar-refractivity contribution < 1.29 is 26.7 Å². The van der Waals surface area contributed by atoms with E-state index in [1.54, 1.807) is 12.1 Å². The highest BCUT2D eigenvalue weighted by Gasteiger charge is 2.17. The van der Waals surface area contributed by atoms with Crippen molar-refractivity contribution in [2.75, 3.05) is 17.0 Å². The van der Waals surface area contributed by atoms with Crippen molar-refractivity contribution in [1.82, 2.24) is 14.9 Å². The van der Waals surface area contributed by atoms with Crippen LogP contribution >= 0.6 is 0 Å². The molecule has 1 amide bonds. The van der Waals surface area contributed by atoms with E-state index in [0.29, 0.717) is 16.0 Å². The topological polar surface area (TPSA) is 102 Å². The van der Waals surface area contributed by atoms with Crippen molar-refractivity contribution in [3.8, 4) is 5.75 Å². The Morgan fingerprint density at radius 3 is 2.54 bits per heavy atom. The number of hydrogen-bond acceptors (Lipinski definition) is 5. The minimum absolute atomic E-state index is 0.00927. The molecule has 0 aliphatic carbocycles. The molecule has 1 aromatic carbocycles. The zero-order valence-electron chi connectivity index (χ0n) is 15.4. The Balaban J connectivity index is 1.82. The summed E-state index contributed by atoms with van der Waals surface area (Å²) in [7, 11) is -3.92. The minimum atomic E-state index is -3.92. The molecule has 11 heteroatoms. The molecule has 0 atom stereocenters. The van der Waals surface area contributed by atoms with Gasteiger partial charge in [0, 0.05) is 31.0 Å². The third kappa shape index (κ3) is 6.80. The van der Waals surface area contributed by atoms with Gasteiger partial charge in [0.15, 0.2) is 0 Å². The van der Waals surface area contributed by atoms with Crippen LogP contribution in [0.15, 0.2) is 36.7 Å². The highest BCUT2D eigenvalue weighted by molar-refractivity contribution is 7.93. The number of alkyl halides is 2. The third-order valence-electron chi connectivity index (χ3n) is 3.45. The van der Waals surface area contributed by atoms with Crippen LogP contribution in [0.4, 0.5) is 14.5 Å². The summed E-state index contributed by atoms with van der Waals surface area (Å²) in [6.45, 7) is 1.00. The zero-order valence-corrected chi connectivity index (χ0v) is 16.2. The van der Waals surface area contributed by atoms with E-state index < -0.39 is 28.2 Å². The van der Waals surface area contributed by atoms with Crippen LogP contribution < -0.4 is 14.8 Å². The fourth-order valence-corrected chi connectivity index (χ4v) is 3.36. The summed E-state index contributed by atoms with van der Waals surface area (Å²) >= 11 is 0. The molecule has 154 valence electrons. The molecule has 0 aliphatic rings. The van der Waals surface area contributed by atoms with Crippen molar-refractivity contribution in [2.45, 2.75) is 32.9 Å². The molecule has 2 rings (SSSR count). The molecule has 2 aromatic rings. The SMILES string of the molecule is CC(C)Oc1ccc(NS(=O)(=O)CC(=O)NCCc2nccn2C(F)F)cc1. The maximum Gasteiger partial charge on any atom is 0.319 e. The summed E-state index contributed by atoms with van der Waals surface area (Å²) in [4.78, 5) is 15.6. The predicted octanol–water partition coefficient (Wildman–Crippen LogP) is 2.17. The summed E-state index contributed by atoms with van der Waals surface area (Å²) in [5, 5.41) is 2.38. The number of imidazole rings is 1. The molecule has 28 heavy (non-hydrogen) atoms. The summed E-state index contributed by atoms with van der Waals surface area (Å²) in [5.41, 5.74) is 0.294. The number of nitrogens with one attached hydrogen (secondary N) is 2. The Labute approximate surface area is 162 Å². The third-order valence-corrected chi connectivity index (χ3v) is 4.64. The first-order chi connectivity index (χ1) is 13.2. The number of aromatic nitrogens is 2. The van der Waals surface area contributed by atoms with Crippen LogP contribution in [-0.2, 0) is 21.2 Å². The second-order valence-electron chi connectivity index (χ2n) is 6.18. The fraction of sp³-hybridized carbons (Fsp3) is 0.412. The van der Waals surface area contributed by atoms with Crippen LogP contribution in [0.3, 0.4) is 0 Å². The van der Waals surface area contributed by atoms with E-state index in [2.05, 4.69) is 15.0 Å². The van der Waals surface area contributed by atoms with E-state index in [9.17, 15) is 22.0 Å². The van der Waals surface area contributed by atoms with E-state index in [1.165, 1.54) is 18.3 Å². The van der Waals surface area contributed by atoms with Gasteiger partial charge in [-0.15, -0.1) is 0 Å². The first-order valence-corrected chi connectivity index (χ1v) is 10.2. The number of sulfonamides is 1. The van der Waals surface area contributed by atoms with Gasteiger partial charge in [0.05, 0.1) is 6.10 Å². The molecule has 2 N–H and O–H groups in total. The van der Waals surface area contributed by atoms with Gasteiger partial charge in [0.25, 0.3) is 0 Å². The fourth-order valence-electron chi connectivity index (χ4n) is 2.34. The van der Waals surface area contributed by atoms with Gasteiger partial charge >= 0.3 is 6.55 Å². The van der Waals surface area contributed by atoms with Gasteiger partial charge in [-0.25, -0.2) is 13.4 Å². The van der Waals surface area contributed by atoms with E-state index >= 15 is 0 Å². The van der Waals surface area contributed by atoms with E-state index in [4.69, 9.17) is 4.74 Å². The summed E-state index contributed by atoms with van der Waals surface area (Å²) in [5.74, 6) is -0.846. The van der Waals surface area contributed by atoms with Gasteiger partial charge in [0.1, 0.15) is 17.3 Å². The lowest BCUT2D eigenvalue weighted by atomic mass is 10.3. The van der Waals surface area contributed by atoms with Crippen molar-refractivity contribution in [3.63, 3.8) is 0 Å². The maximum atomic E-state index is 12.7. The first kappa shape index (κ1) is 21.6. The van der Waals surface area contributed by atoms with Crippen LogP contribution in [-0.4, -0.2) is 42.3 Å². The molecular weight excluding hydrogens is 394 g/mol. The lowest BCUT2D eigenvalue weighted by Gasteiger charge is -2.12. The van der Waals surface area contributed by atoms with Gasteiger partial charge < -0.3 is 10.1 Å². The lowest BCUT2D eigenvalue weighted by Crippen LogP contribution is -2.34. The van der Waals surface area contributed by atoms with E-state index in [1.807, 2.05) is 13.8 Å². The van der Waals surface area contributed by atoms with E-state index in [0.717, 1.165) is 6.20 Å². The normalized spacial score (nSPS) is 11.6. The Morgan fingerprint density at radius 2 is 1.93 bits per heavy atom. The average Bonchev–Trinajstić information content (AvgIpc) is 3.04. The number of nitrogens with zero attached hydrogens (tertiary/aromatic N) is 2. The van der Waals surface area contributed by atoms with Gasteiger partial charge in [0.2, 0.25) is 15.9 Å². The van der Waals surface area contributed by atoms with Gasteiger partial charge in [-0.3, -0.25) is 14.1 Å². The molecule has 0 fully saturated rings. The second kappa shape index (κ2) is 9.49. The number of ether oxygens (including phenoxy) is 1. The molecule has 0 bridgehead atoms. The standard InChI is InChI=1S/C17H22F2N4O4S/c1-12(2)27-14-5-3-13(4-6-14)22-28(25,26)11-16(24)21-8-7-15-20-9-10-23(15)17(18)19/h3-6,9-10,12,17,22H,7-8,11H2,1-2H3,(H,21,24). The lowest BCUT2D eigenvalue weighted by molar-refractivity contribution is -0.118. The van der Waals surface area contributed by atoms with Crippen LogP contribution in [0, 0.1) is 0 Å². The largest absolute Gasteiger partial charge is 0.491 e. The van der Waals surface area contributed by atoms with Crippen molar-refractivity contribution >= 4 is 21.6 Å². The Morgan fingerprint density at radius 1 is 1.25 bits per heavy atom. The number of amides is 1. The highest BCUT2D eigenvalue weighted by Crippen LogP contribution is 2.18. The molecule has 8 nitrogen and oxygen atoms in total. The maximum absolute atomic E-state index is 12.7. The van der Waals surface area contributed by atoms with Crippen LogP contribution in [0.5, 0.6) is 5.75 Å². The molecule has 1 aromatic heterocycles. The molecule has 0 saturated heterocycles. The van der Waals surface area contributed by atoms with Gasteiger partial charge in [-0.1, -0.05) is 0 Å². The Kier molecular flexibility index (Phi) is 7.32. The Bertz CT molecular complexity index is 883. The summed E-state index contributed by atoms with van der Waals surface area (Å²) in [6, 6.07) is 6.28. The van der Waals surface area contributed by atoms with Crippen LogP contribution in [0.2, 0.25) is 0 Å². The Hall–Kier alpha value is -2.69. The molecule has 0 unspecified atom stereocenters. The molecule has 1 heterocycles. The predicted molar refractivity (Wildman–Crippen MR) is 99.8 cm³/mol. The molecule has 0 aliphatic heterocycles. The van der Waals surface area contributed by atoms with Gasteiger partial charge in [-0.05, 0) is 38.1 Å². The van der Waals surface area contributed by atoms with Crippen molar-refractivity contribution in [1.29, 1.82) is 0 Å². The van der Waals surface area contributed by atoms with Gasteiger partial charge in [-0.2, -0.15) is 8.78 Å². The number of rotatable bonds is 10. The highest BCUT2D eigenvalue weighted by atomic mass is 32.2. The number of hydrogen-bond donors (Lipinski definition) is 2. The number of carbonyl (C=O) groups is 1. The molecule has 0 spiro atoms. The van der Waals surface area contributed by atoms with Crippen molar-refractivity contribution in [2.24, 2.45) is 0 Å². The van der Waals surface area contributed by atoms with Crippen LogP contribution in [0.25, 0.3) is 0 Å². The summed E-state index contributed by atoms with van der Waals surface area (Å²) in [6.07, 6.45) is 2.40. The molecule has 0 saturated carbocycles. The van der Waals surface area contributed by atoms with Crippen LogP contribution in [0.1, 0.15) is 26.2 Å². The monoisotopic (exact) mass is 416 g/mol. The smallest absolute Gasteiger partial charge is 0.319 e. The quantitative estimate of drug-likeness (QED) is 0.618. The summed E-state index contributed by atoms with van der Waals surface area (Å²) < 4.78 is 58.0. The molecule has 0 radical (unpaired) electrons. The van der Waals surface area contributed by atoms with Crippen molar-refractivity contribution in [3.05, 3.63) is 42.5 Å².